The van der Waals surface area contributed by atoms with Crippen LogP contribution in [-0.4, -0.2) is 29.1 Å². The van der Waals surface area contributed by atoms with Gasteiger partial charge >= 0.3 is 5.97 Å². The molecule has 1 aromatic carbocycles. The predicted molar refractivity (Wildman–Crippen MR) is 81.8 cm³/mol. The lowest BCUT2D eigenvalue weighted by Crippen LogP contribution is -2.43. The zero-order chi connectivity index (χ0) is 14.3. The van der Waals surface area contributed by atoms with Crippen molar-refractivity contribution in [3.8, 4) is 0 Å². The van der Waals surface area contributed by atoms with Crippen LogP contribution in [0.2, 0.25) is 0 Å². The molecule has 4 heteroatoms. The van der Waals surface area contributed by atoms with Gasteiger partial charge in [-0.05, 0) is 42.4 Å². The topological polar surface area (TPSA) is 63.3 Å². The summed E-state index contributed by atoms with van der Waals surface area (Å²) in [4.78, 5) is 11.8. The van der Waals surface area contributed by atoms with Crippen LogP contribution >= 0.6 is 11.8 Å². The molecule has 1 rings (SSSR count). The van der Waals surface area contributed by atoms with Gasteiger partial charge in [0.2, 0.25) is 0 Å². The molecule has 1 aromatic rings. The van der Waals surface area contributed by atoms with Crippen LogP contribution in [0.25, 0.3) is 0 Å². The van der Waals surface area contributed by atoms with Crippen molar-refractivity contribution in [2.45, 2.75) is 32.1 Å². The quantitative estimate of drug-likeness (QED) is 0.719. The fourth-order valence-electron chi connectivity index (χ4n) is 2.39. The molecule has 0 spiro atoms. The molecule has 1 unspecified atom stereocenters. The Bertz CT molecular complexity index is 422. The van der Waals surface area contributed by atoms with Crippen molar-refractivity contribution in [1.82, 2.24) is 0 Å². The van der Waals surface area contributed by atoms with Gasteiger partial charge < -0.3 is 10.8 Å². The van der Waals surface area contributed by atoms with E-state index in [0.29, 0.717) is 6.42 Å². The molecule has 0 aromatic heterocycles. The van der Waals surface area contributed by atoms with Crippen LogP contribution in [0.4, 0.5) is 0 Å². The Morgan fingerprint density at radius 3 is 2.63 bits per heavy atom. The molecule has 0 saturated carbocycles. The van der Waals surface area contributed by atoms with Crippen LogP contribution in [0.5, 0.6) is 0 Å². The third kappa shape index (κ3) is 3.74. The van der Waals surface area contributed by atoms with Crippen LogP contribution in [0.3, 0.4) is 0 Å². The van der Waals surface area contributed by atoms with Crippen LogP contribution in [-0.2, 0) is 10.2 Å². The van der Waals surface area contributed by atoms with E-state index in [4.69, 9.17) is 5.73 Å². The van der Waals surface area contributed by atoms with Crippen molar-refractivity contribution in [2.75, 3.05) is 18.1 Å². The number of carboxylic acid groups (broad SMARTS) is 1. The van der Waals surface area contributed by atoms with Crippen molar-refractivity contribution in [3.05, 3.63) is 35.4 Å². The van der Waals surface area contributed by atoms with Crippen LogP contribution in [0, 0.1) is 6.92 Å². The van der Waals surface area contributed by atoms with Crippen molar-refractivity contribution in [1.29, 1.82) is 0 Å². The molecule has 0 radical (unpaired) electrons. The van der Waals surface area contributed by atoms with E-state index in [0.717, 1.165) is 29.1 Å². The third-order valence-corrected chi connectivity index (χ3v) is 4.50. The molecule has 0 heterocycles. The van der Waals surface area contributed by atoms with Gasteiger partial charge in [0.25, 0.3) is 0 Å². The summed E-state index contributed by atoms with van der Waals surface area (Å²) in [5.74, 6) is 1.23. The van der Waals surface area contributed by atoms with Crippen LogP contribution in [0.1, 0.15) is 30.9 Å². The first kappa shape index (κ1) is 16.1. The van der Waals surface area contributed by atoms with Crippen molar-refractivity contribution < 1.29 is 9.90 Å². The molecule has 19 heavy (non-hydrogen) atoms. The van der Waals surface area contributed by atoms with E-state index in [2.05, 4.69) is 6.92 Å². The van der Waals surface area contributed by atoms with E-state index in [1.54, 1.807) is 0 Å². The molecule has 0 aliphatic carbocycles. The number of benzene rings is 1. The highest BCUT2D eigenvalue weighted by atomic mass is 32.2. The average Bonchev–Trinajstić information content (AvgIpc) is 2.40. The lowest BCUT2D eigenvalue weighted by Gasteiger charge is -2.30. The smallest absolute Gasteiger partial charge is 0.315 e. The van der Waals surface area contributed by atoms with Gasteiger partial charge in [-0.3, -0.25) is 4.79 Å². The fourth-order valence-corrected chi connectivity index (χ4v) is 3.02. The predicted octanol–water partition coefficient (Wildman–Crippen LogP) is 2.81. The van der Waals surface area contributed by atoms with Gasteiger partial charge in [0.05, 0.1) is 0 Å². The zero-order valence-electron chi connectivity index (χ0n) is 11.7. The van der Waals surface area contributed by atoms with Gasteiger partial charge in [0.15, 0.2) is 0 Å². The molecule has 0 bridgehead atoms. The summed E-state index contributed by atoms with van der Waals surface area (Å²) in [5.41, 5.74) is 6.74. The van der Waals surface area contributed by atoms with Gasteiger partial charge in [-0.2, -0.15) is 11.8 Å². The first-order chi connectivity index (χ1) is 9.08. The molecular formula is C15H23NO2S. The standard InChI is InChI=1S/C15H23NO2S/c1-3-19-10-6-9-15(11-16,14(17)18)13-8-5-4-7-12(13)2/h4-5,7-8H,3,6,9-11,16H2,1-2H3,(H,17,18). The highest BCUT2D eigenvalue weighted by Crippen LogP contribution is 2.32. The maximum absolute atomic E-state index is 11.8. The van der Waals surface area contributed by atoms with E-state index in [9.17, 15) is 9.90 Å². The molecule has 106 valence electrons. The minimum absolute atomic E-state index is 0.143. The number of thioether (sulfide) groups is 1. The summed E-state index contributed by atoms with van der Waals surface area (Å²) in [6.07, 6.45) is 1.47. The van der Waals surface area contributed by atoms with Gasteiger partial charge in [-0.25, -0.2) is 0 Å². The number of hydrogen-bond acceptors (Lipinski definition) is 3. The highest BCUT2D eigenvalue weighted by molar-refractivity contribution is 7.99. The molecule has 0 aliphatic rings. The van der Waals surface area contributed by atoms with Gasteiger partial charge in [-0.15, -0.1) is 0 Å². The molecule has 3 nitrogen and oxygen atoms in total. The summed E-state index contributed by atoms with van der Waals surface area (Å²) >= 11 is 1.84. The Kier molecular flexibility index (Phi) is 6.38. The highest BCUT2D eigenvalue weighted by Gasteiger charge is 2.39. The number of aliphatic carboxylic acids is 1. The minimum atomic E-state index is -0.945. The number of rotatable bonds is 8. The van der Waals surface area contributed by atoms with Gasteiger partial charge in [0, 0.05) is 6.54 Å². The summed E-state index contributed by atoms with van der Waals surface area (Å²) in [6, 6.07) is 7.65. The van der Waals surface area contributed by atoms with Gasteiger partial charge in [0.1, 0.15) is 5.41 Å². The second kappa shape index (κ2) is 7.56. The molecule has 0 aliphatic heterocycles. The fraction of sp³-hybridized carbons (Fsp3) is 0.533. The van der Waals surface area contributed by atoms with Crippen LogP contribution in [0.15, 0.2) is 24.3 Å². The van der Waals surface area contributed by atoms with E-state index in [1.165, 1.54) is 0 Å². The second-order valence-corrected chi connectivity index (χ2v) is 6.10. The lowest BCUT2D eigenvalue weighted by atomic mass is 9.75. The maximum Gasteiger partial charge on any atom is 0.315 e. The largest absolute Gasteiger partial charge is 0.481 e. The SMILES string of the molecule is CCSCCCC(CN)(C(=O)O)c1ccccc1C. The number of aryl methyl sites for hydroxylation is 1. The molecule has 3 N–H and O–H groups in total. The molecular weight excluding hydrogens is 258 g/mol. The summed E-state index contributed by atoms with van der Waals surface area (Å²) in [7, 11) is 0. The first-order valence-electron chi connectivity index (χ1n) is 6.65. The first-order valence-corrected chi connectivity index (χ1v) is 7.81. The number of nitrogens with two attached hydrogens (primary N) is 1. The van der Waals surface area contributed by atoms with Gasteiger partial charge in [-0.1, -0.05) is 31.2 Å². The minimum Gasteiger partial charge on any atom is -0.481 e. The molecule has 0 amide bonds. The lowest BCUT2D eigenvalue weighted by molar-refractivity contribution is -0.143. The second-order valence-electron chi connectivity index (χ2n) is 4.71. The maximum atomic E-state index is 11.8. The van der Waals surface area contributed by atoms with E-state index < -0.39 is 11.4 Å². The Balaban J connectivity index is 2.99. The van der Waals surface area contributed by atoms with E-state index in [1.807, 2.05) is 43.0 Å². The molecule has 0 fully saturated rings. The Labute approximate surface area is 119 Å². The number of carboxylic acids is 1. The summed E-state index contributed by atoms with van der Waals surface area (Å²) in [5, 5.41) is 9.67. The average molecular weight is 281 g/mol. The Morgan fingerprint density at radius 2 is 2.11 bits per heavy atom. The Morgan fingerprint density at radius 1 is 1.42 bits per heavy atom. The summed E-state index contributed by atoms with van der Waals surface area (Å²) < 4.78 is 0. The molecule has 1 atom stereocenters. The Hall–Kier alpha value is -1.00. The monoisotopic (exact) mass is 281 g/mol. The van der Waals surface area contributed by atoms with Crippen molar-refractivity contribution in [2.24, 2.45) is 5.73 Å². The molecule has 0 saturated heterocycles. The summed E-state index contributed by atoms with van der Waals surface area (Å²) in [6.45, 7) is 4.20. The van der Waals surface area contributed by atoms with E-state index in [-0.39, 0.29) is 6.54 Å². The van der Waals surface area contributed by atoms with E-state index >= 15 is 0 Å². The van der Waals surface area contributed by atoms with Crippen molar-refractivity contribution >= 4 is 17.7 Å². The number of carbonyl (C=O) groups is 1. The van der Waals surface area contributed by atoms with Crippen LogP contribution < -0.4 is 5.73 Å². The number of hydrogen-bond donors (Lipinski definition) is 2. The zero-order valence-corrected chi connectivity index (χ0v) is 12.5. The van der Waals surface area contributed by atoms with Crippen molar-refractivity contribution in [3.63, 3.8) is 0 Å². The third-order valence-electron chi connectivity index (χ3n) is 3.51. The normalized spacial score (nSPS) is 14.1.